The molecule has 4 aromatic heterocycles. The van der Waals surface area contributed by atoms with Gasteiger partial charge in [-0.3, -0.25) is 19.4 Å². The molecule has 0 unspecified atom stereocenters. The lowest BCUT2D eigenvalue weighted by Crippen LogP contribution is -2.35. The van der Waals surface area contributed by atoms with Crippen molar-refractivity contribution in [3.63, 3.8) is 0 Å². The molecular weight excluding hydrogens is 410 g/mol. The molecule has 4 aromatic rings. The second-order valence-electron chi connectivity index (χ2n) is 7.68. The van der Waals surface area contributed by atoms with E-state index in [-0.39, 0.29) is 34.6 Å². The van der Waals surface area contributed by atoms with Crippen molar-refractivity contribution >= 4 is 22.6 Å². The van der Waals surface area contributed by atoms with Crippen LogP contribution in [0.15, 0.2) is 58.1 Å². The van der Waals surface area contributed by atoms with Crippen molar-refractivity contribution in [2.45, 2.75) is 39.5 Å². The first-order valence-electron chi connectivity index (χ1n) is 10.5. The first kappa shape index (κ1) is 21.5. The van der Waals surface area contributed by atoms with E-state index in [0.717, 1.165) is 0 Å². The van der Waals surface area contributed by atoms with Gasteiger partial charge in [0, 0.05) is 19.3 Å². The molecule has 9 nitrogen and oxygen atoms in total. The van der Waals surface area contributed by atoms with Gasteiger partial charge in [-0.25, -0.2) is 4.98 Å². The van der Waals surface area contributed by atoms with E-state index in [9.17, 15) is 9.59 Å². The lowest BCUT2D eigenvalue weighted by Gasteiger charge is -2.15. The molecule has 0 saturated heterocycles. The van der Waals surface area contributed by atoms with E-state index < -0.39 is 5.91 Å². The normalized spacial score (nSPS) is 11.5. The maximum atomic E-state index is 13.2. The maximum absolute atomic E-state index is 13.2. The van der Waals surface area contributed by atoms with E-state index in [1.807, 2.05) is 13.8 Å². The third kappa shape index (κ3) is 4.33. The molecule has 0 bridgehead atoms. The van der Waals surface area contributed by atoms with Gasteiger partial charge >= 0.3 is 0 Å². The van der Waals surface area contributed by atoms with Gasteiger partial charge in [0.25, 0.3) is 11.5 Å². The van der Waals surface area contributed by atoms with E-state index in [4.69, 9.17) is 14.6 Å². The molecule has 2 N–H and O–H groups in total. The molecule has 0 aliphatic heterocycles. The number of pyridine rings is 2. The van der Waals surface area contributed by atoms with Crippen molar-refractivity contribution in [1.29, 1.82) is 5.41 Å². The second kappa shape index (κ2) is 9.19. The third-order valence-electron chi connectivity index (χ3n) is 5.04. The molecule has 0 atom stereocenters. The largest absolute Gasteiger partial charge is 0.467 e. The van der Waals surface area contributed by atoms with Crippen LogP contribution in [0.2, 0.25) is 0 Å². The average molecular weight is 435 g/mol. The lowest BCUT2D eigenvalue weighted by molar-refractivity contribution is 0.0748. The van der Waals surface area contributed by atoms with Crippen LogP contribution in [0.25, 0.3) is 16.7 Å². The molecule has 0 aliphatic carbocycles. The number of amides is 1. The first-order valence-corrected chi connectivity index (χ1v) is 10.5. The summed E-state index contributed by atoms with van der Waals surface area (Å²) < 4.78 is 13.9. The summed E-state index contributed by atoms with van der Waals surface area (Å²) in [6, 6.07) is 10.2. The quantitative estimate of drug-likeness (QED) is 0.326. The summed E-state index contributed by atoms with van der Waals surface area (Å²) in [5, 5.41) is 11.7. The Balaban J connectivity index is 1.79. The summed E-state index contributed by atoms with van der Waals surface area (Å²) in [4.78, 5) is 30.7. The summed E-state index contributed by atoms with van der Waals surface area (Å²) in [5.41, 5.74) is 0.651. The maximum Gasteiger partial charge on any atom is 0.267 e. The van der Waals surface area contributed by atoms with E-state index in [1.54, 1.807) is 41.1 Å². The Bertz CT molecular complexity index is 1370. The molecular formula is C23H25N5O4. The molecule has 32 heavy (non-hydrogen) atoms. The Kier molecular flexibility index (Phi) is 6.18. The minimum Gasteiger partial charge on any atom is -0.467 e. The molecule has 166 valence electrons. The van der Waals surface area contributed by atoms with Gasteiger partial charge in [0.2, 0.25) is 0 Å². The minimum atomic E-state index is -0.460. The molecule has 9 heteroatoms. The van der Waals surface area contributed by atoms with Crippen molar-refractivity contribution < 1.29 is 13.9 Å². The molecule has 4 heterocycles. The smallest absolute Gasteiger partial charge is 0.267 e. The van der Waals surface area contributed by atoms with Gasteiger partial charge in [0.1, 0.15) is 22.5 Å². The molecule has 0 fully saturated rings. The first-order chi connectivity index (χ1) is 15.5. The highest BCUT2D eigenvalue weighted by Gasteiger charge is 2.17. The van der Waals surface area contributed by atoms with Crippen LogP contribution in [0.4, 0.5) is 0 Å². The molecule has 0 aliphatic rings. The van der Waals surface area contributed by atoms with Crippen LogP contribution in [-0.2, 0) is 17.8 Å². The van der Waals surface area contributed by atoms with Crippen molar-refractivity contribution in [2.75, 3.05) is 6.61 Å². The number of nitrogens with zero attached hydrogens (tertiary/aromatic N) is 3. The Hall–Kier alpha value is -3.72. The van der Waals surface area contributed by atoms with Crippen molar-refractivity contribution in [3.8, 4) is 0 Å². The second-order valence-corrected chi connectivity index (χ2v) is 7.68. The molecule has 0 saturated carbocycles. The average Bonchev–Trinajstić information content (AvgIpc) is 3.30. The number of carbonyl (C=O) groups excluding carboxylic acids is 1. The molecule has 4 rings (SSSR count). The summed E-state index contributed by atoms with van der Waals surface area (Å²) in [6.45, 7) is 4.97. The van der Waals surface area contributed by atoms with Crippen LogP contribution in [-0.4, -0.2) is 32.6 Å². The van der Waals surface area contributed by atoms with E-state index >= 15 is 0 Å². The third-order valence-corrected chi connectivity index (χ3v) is 5.04. The zero-order valence-corrected chi connectivity index (χ0v) is 18.0. The van der Waals surface area contributed by atoms with Crippen LogP contribution in [0.5, 0.6) is 0 Å². The Labute approximate surface area is 183 Å². The minimum absolute atomic E-state index is 0.00817. The van der Waals surface area contributed by atoms with Crippen LogP contribution >= 0.6 is 0 Å². The Morgan fingerprint density at radius 2 is 2.12 bits per heavy atom. The van der Waals surface area contributed by atoms with Gasteiger partial charge < -0.3 is 19.0 Å². The number of aryl methyl sites for hydroxylation is 1. The number of ether oxygens (including phenoxy) is 1. The number of rotatable bonds is 8. The van der Waals surface area contributed by atoms with Crippen LogP contribution in [0.1, 0.15) is 36.4 Å². The van der Waals surface area contributed by atoms with Crippen LogP contribution in [0, 0.1) is 5.41 Å². The lowest BCUT2D eigenvalue weighted by atomic mass is 10.2. The Morgan fingerprint density at radius 1 is 1.28 bits per heavy atom. The summed E-state index contributed by atoms with van der Waals surface area (Å²) >= 11 is 0. The fourth-order valence-electron chi connectivity index (χ4n) is 3.50. The van der Waals surface area contributed by atoms with Crippen LogP contribution in [0.3, 0.4) is 0 Å². The topological polar surface area (TPSA) is 115 Å². The van der Waals surface area contributed by atoms with Crippen molar-refractivity contribution in [1.82, 2.24) is 19.3 Å². The number of aromatic nitrogens is 3. The highest BCUT2D eigenvalue weighted by Crippen LogP contribution is 2.11. The number of fused-ring (bicyclic) bond motifs is 2. The molecule has 0 aromatic carbocycles. The predicted molar refractivity (Wildman–Crippen MR) is 118 cm³/mol. The summed E-state index contributed by atoms with van der Waals surface area (Å²) in [6.07, 6.45) is 3.86. The molecule has 0 radical (unpaired) electrons. The van der Waals surface area contributed by atoms with E-state index in [2.05, 4.69) is 10.3 Å². The SMILES string of the molecule is CC(C)OCCCn1c(=N)c(C(=O)NCc2ccco2)cc2c(=O)n3ccccc3nc21. The number of hydrogen-bond donors (Lipinski definition) is 2. The number of furan rings is 1. The Morgan fingerprint density at radius 3 is 2.88 bits per heavy atom. The number of carbonyl (C=O) groups is 1. The van der Waals surface area contributed by atoms with Gasteiger partial charge in [-0.1, -0.05) is 6.07 Å². The van der Waals surface area contributed by atoms with E-state index in [0.29, 0.717) is 36.6 Å². The highest BCUT2D eigenvalue weighted by atomic mass is 16.5. The summed E-state index contributed by atoms with van der Waals surface area (Å²) in [7, 11) is 0. The summed E-state index contributed by atoms with van der Waals surface area (Å²) in [5.74, 6) is 0.134. The monoisotopic (exact) mass is 435 g/mol. The number of hydrogen-bond acceptors (Lipinski definition) is 6. The van der Waals surface area contributed by atoms with Crippen molar-refractivity contribution in [3.05, 3.63) is 76.0 Å². The zero-order valence-electron chi connectivity index (χ0n) is 18.0. The molecule has 1 amide bonds. The van der Waals surface area contributed by atoms with Gasteiger partial charge in [0.05, 0.1) is 29.9 Å². The predicted octanol–water partition coefficient (Wildman–Crippen LogP) is 2.47. The fourth-order valence-corrected chi connectivity index (χ4v) is 3.50. The van der Waals surface area contributed by atoms with E-state index in [1.165, 1.54) is 16.7 Å². The van der Waals surface area contributed by atoms with Crippen LogP contribution < -0.4 is 16.4 Å². The highest BCUT2D eigenvalue weighted by molar-refractivity contribution is 5.96. The standard InChI is InChI=1S/C23H25N5O4/c1-15(2)31-12-6-10-28-20(24)17(22(29)25-14-16-7-5-11-32-16)13-18-21(28)26-19-8-3-4-9-27(19)23(18)30/h3-5,7-9,11,13,15,24H,6,10,12,14H2,1-2H3,(H,25,29). The van der Waals surface area contributed by atoms with Gasteiger partial charge in [0.15, 0.2) is 0 Å². The van der Waals surface area contributed by atoms with Gasteiger partial charge in [-0.05, 0) is 50.6 Å². The molecule has 0 spiro atoms. The number of nitrogens with one attached hydrogen (secondary N) is 2. The van der Waals surface area contributed by atoms with Crippen molar-refractivity contribution in [2.24, 2.45) is 0 Å². The fraction of sp³-hybridized carbons (Fsp3) is 0.304. The van der Waals surface area contributed by atoms with Gasteiger partial charge in [-0.2, -0.15) is 0 Å². The zero-order chi connectivity index (χ0) is 22.7. The van der Waals surface area contributed by atoms with Gasteiger partial charge in [-0.15, -0.1) is 0 Å².